The smallest absolute Gasteiger partial charge is 0.268 e. The van der Waals surface area contributed by atoms with Gasteiger partial charge in [-0.05, 0) is 6.07 Å². The lowest BCUT2D eigenvalue weighted by atomic mass is 10.2. The number of hydrogen-bond acceptors (Lipinski definition) is 7. The third-order valence-electron chi connectivity index (χ3n) is 3.20. The second kappa shape index (κ2) is 7.18. The van der Waals surface area contributed by atoms with E-state index >= 15 is 0 Å². The first-order valence-corrected chi connectivity index (χ1v) is 6.56. The SMILES string of the molecule is NNC(=O)Cc1cc(C(=O)NN)c(CN2CCOCC2)o1. The lowest BCUT2D eigenvalue weighted by Crippen LogP contribution is -2.36. The summed E-state index contributed by atoms with van der Waals surface area (Å²) in [6.07, 6.45) is -0.0372. The van der Waals surface area contributed by atoms with Crippen molar-refractivity contribution in [3.05, 3.63) is 23.2 Å². The van der Waals surface area contributed by atoms with Crippen LogP contribution in [-0.2, 0) is 22.5 Å². The number of furan rings is 1. The van der Waals surface area contributed by atoms with Crippen LogP contribution in [-0.4, -0.2) is 43.0 Å². The number of rotatable bonds is 5. The van der Waals surface area contributed by atoms with Crippen molar-refractivity contribution in [1.82, 2.24) is 15.8 Å². The Bertz CT molecular complexity index is 510. The number of nitrogens with zero attached hydrogens (tertiary/aromatic N) is 1. The van der Waals surface area contributed by atoms with Crippen LogP contribution in [0.3, 0.4) is 0 Å². The third kappa shape index (κ3) is 4.02. The summed E-state index contributed by atoms with van der Waals surface area (Å²) in [5, 5.41) is 0. The van der Waals surface area contributed by atoms with Gasteiger partial charge < -0.3 is 9.15 Å². The van der Waals surface area contributed by atoms with Crippen LogP contribution in [0.15, 0.2) is 10.5 Å². The van der Waals surface area contributed by atoms with E-state index in [4.69, 9.17) is 20.8 Å². The molecule has 1 saturated heterocycles. The molecule has 0 aliphatic carbocycles. The molecule has 0 saturated carbocycles. The van der Waals surface area contributed by atoms with Crippen LogP contribution in [0.1, 0.15) is 21.9 Å². The molecule has 6 N–H and O–H groups in total. The van der Waals surface area contributed by atoms with Crippen LogP contribution in [0, 0.1) is 0 Å². The highest BCUT2D eigenvalue weighted by Gasteiger charge is 2.21. The number of nitrogens with one attached hydrogen (secondary N) is 2. The van der Waals surface area contributed by atoms with Crippen molar-refractivity contribution in [1.29, 1.82) is 0 Å². The van der Waals surface area contributed by atoms with E-state index in [-0.39, 0.29) is 6.42 Å². The molecule has 2 rings (SSSR count). The molecule has 1 aromatic rings. The van der Waals surface area contributed by atoms with Gasteiger partial charge in [0.25, 0.3) is 5.91 Å². The molecular formula is C12H19N5O4. The first-order chi connectivity index (χ1) is 10.1. The van der Waals surface area contributed by atoms with Crippen molar-refractivity contribution >= 4 is 11.8 Å². The Kier molecular flexibility index (Phi) is 5.28. The lowest BCUT2D eigenvalue weighted by Gasteiger charge is -2.25. The highest BCUT2D eigenvalue weighted by atomic mass is 16.5. The Hall–Kier alpha value is -1.94. The van der Waals surface area contributed by atoms with Crippen LogP contribution in [0.2, 0.25) is 0 Å². The Morgan fingerprint density at radius 3 is 2.57 bits per heavy atom. The quantitative estimate of drug-likeness (QED) is 0.287. The molecule has 116 valence electrons. The van der Waals surface area contributed by atoms with E-state index in [0.29, 0.717) is 36.8 Å². The first kappa shape index (κ1) is 15.4. The average molecular weight is 297 g/mol. The molecule has 0 radical (unpaired) electrons. The summed E-state index contributed by atoms with van der Waals surface area (Å²) in [4.78, 5) is 25.2. The standard InChI is InChI=1S/C12H19N5O4/c13-15-11(18)6-8-5-9(12(19)16-14)10(21-8)7-17-1-3-20-4-2-17/h5H,1-4,6-7,13-14H2,(H,15,18)(H,16,19). The van der Waals surface area contributed by atoms with E-state index in [1.807, 2.05) is 5.43 Å². The van der Waals surface area contributed by atoms with Gasteiger partial charge in [0, 0.05) is 13.1 Å². The molecule has 1 aromatic heterocycles. The monoisotopic (exact) mass is 297 g/mol. The summed E-state index contributed by atoms with van der Waals surface area (Å²) in [6.45, 7) is 3.24. The molecule has 1 fully saturated rings. The number of amides is 2. The maximum absolute atomic E-state index is 11.8. The number of hydrogen-bond donors (Lipinski definition) is 4. The van der Waals surface area contributed by atoms with Gasteiger partial charge in [0.2, 0.25) is 5.91 Å². The summed E-state index contributed by atoms with van der Waals surface area (Å²) in [6, 6.07) is 1.51. The highest BCUT2D eigenvalue weighted by molar-refractivity contribution is 5.95. The maximum atomic E-state index is 11.8. The molecule has 0 unspecified atom stereocenters. The summed E-state index contributed by atoms with van der Waals surface area (Å²) in [7, 11) is 0. The molecule has 2 amide bonds. The number of morpholine rings is 1. The predicted octanol–water partition coefficient (Wildman–Crippen LogP) is -1.75. The summed E-state index contributed by atoms with van der Waals surface area (Å²) < 4.78 is 10.9. The van der Waals surface area contributed by atoms with Crippen molar-refractivity contribution in [2.45, 2.75) is 13.0 Å². The average Bonchev–Trinajstić information content (AvgIpc) is 2.89. The van der Waals surface area contributed by atoms with Crippen molar-refractivity contribution in [2.75, 3.05) is 26.3 Å². The molecule has 9 nitrogen and oxygen atoms in total. The fourth-order valence-electron chi connectivity index (χ4n) is 2.13. The Morgan fingerprint density at radius 1 is 1.24 bits per heavy atom. The van der Waals surface area contributed by atoms with Gasteiger partial charge in [0.1, 0.15) is 11.5 Å². The molecular weight excluding hydrogens is 278 g/mol. The van der Waals surface area contributed by atoms with Gasteiger partial charge in [-0.1, -0.05) is 0 Å². The second-order valence-electron chi connectivity index (χ2n) is 4.66. The molecule has 1 aliphatic heterocycles. The van der Waals surface area contributed by atoms with E-state index in [9.17, 15) is 9.59 Å². The zero-order chi connectivity index (χ0) is 15.2. The fourth-order valence-corrected chi connectivity index (χ4v) is 2.13. The molecule has 21 heavy (non-hydrogen) atoms. The van der Waals surface area contributed by atoms with Crippen molar-refractivity contribution in [2.24, 2.45) is 11.7 Å². The molecule has 2 heterocycles. The predicted molar refractivity (Wildman–Crippen MR) is 72.5 cm³/mol. The van der Waals surface area contributed by atoms with Gasteiger partial charge >= 0.3 is 0 Å². The topological polar surface area (TPSA) is 136 Å². The summed E-state index contributed by atoms with van der Waals surface area (Å²) in [5.74, 6) is 10.2. The first-order valence-electron chi connectivity index (χ1n) is 6.56. The van der Waals surface area contributed by atoms with Crippen LogP contribution < -0.4 is 22.5 Å². The minimum atomic E-state index is -0.457. The Balaban J connectivity index is 2.15. The van der Waals surface area contributed by atoms with E-state index < -0.39 is 11.8 Å². The van der Waals surface area contributed by atoms with E-state index in [2.05, 4.69) is 10.3 Å². The molecule has 0 aromatic carbocycles. The molecule has 0 bridgehead atoms. The molecule has 0 atom stereocenters. The van der Waals surface area contributed by atoms with Gasteiger partial charge in [0.05, 0.1) is 31.7 Å². The maximum Gasteiger partial charge on any atom is 0.268 e. The number of hydrazine groups is 2. The van der Waals surface area contributed by atoms with Crippen LogP contribution in [0.25, 0.3) is 0 Å². The summed E-state index contributed by atoms with van der Waals surface area (Å²) >= 11 is 0. The van der Waals surface area contributed by atoms with Crippen molar-refractivity contribution < 1.29 is 18.7 Å². The van der Waals surface area contributed by atoms with Crippen LogP contribution in [0.5, 0.6) is 0 Å². The molecule has 0 spiro atoms. The number of ether oxygens (including phenoxy) is 1. The second-order valence-corrected chi connectivity index (χ2v) is 4.66. The number of nitrogen functional groups attached to an aromatic ring is 1. The minimum Gasteiger partial charge on any atom is -0.463 e. The fraction of sp³-hybridized carbons (Fsp3) is 0.500. The van der Waals surface area contributed by atoms with Crippen molar-refractivity contribution in [3.8, 4) is 0 Å². The van der Waals surface area contributed by atoms with Gasteiger partial charge in [-0.2, -0.15) is 0 Å². The Labute approximate surface area is 121 Å². The van der Waals surface area contributed by atoms with Gasteiger partial charge in [0.15, 0.2) is 0 Å². The van der Waals surface area contributed by atoms with Crippen LogP contribution >= 0.6 is 0 Å². The third-order valence-corrected chi connectivity index (χ3v) is 3.20. The number of carbonyl (C=O) groups is 2. The zero-order valence-electron chi connectivity index (χ0n) is 11.6. The normalized spacial score (nSPS) is 15.7. The van der Waals surface area contributed by atoms with E-state index in [1.54, 1.807) is 0 Å². The number of carbonyl (C=O) groups excluding carboxylic acids is 2. The zero-order valence-corrected chi connectivity index (χ0v) is 11.6. The van der Waals surface area contributed by atoms with Crippen molar-refractivity contribution in [3.63, 3.8) is 0 Å². The summed E-state index contributed by atoms with van der Waals surface area (Å²) in [5.41, 5.74) is 4.41. The van der Waals surface area contributed by atoms with Gasteiger partial charge in [-0.25, -0.2) is 11.7 Å². The van der Waals surface area contributed by atoms with Gasteiger partial charge in [-0.3, -0.25) is 25.3 Å². The lowest BCUT2D eigenvalue weighted by molar-refractivity contribution is -0.120. The molecule has 9 heteroatoms. The van der Waals surface area contributed by atoms with Crippen LogP contribution in [0.4, 0.5) is 0 Å². The van der Waals surface area contributed by atoms with E-state index in [0.717, 1.165) is 13.1 Å². The minimum absolute atomic E-state index is 0.0372. The van der Waals surface area contributed by atoms with E-state index in [1.165, 1.54) is 6.07 Å². The largest absolute Gasteiger partial charge is 0.463 e. The number of nitrogens with two attached hydrogens (primary N) is 2. The Morgan fingerprint density at radius 2 is 1.95 bits per heavy atom. The van der Waals surface area contributed by atoms with Gasteiger partial charge in [-0.15, -0.1) is 0 Å². The molecule has 1 aliphatic rings. The highest BCUT2D eigenvalue weighted by Crippen LogP contribution is 2.19.